The van der Waals surface area contributed by atoms with Crippen LogP contribution in [0, 0.1) is 11.3 Å². The molecule has 2 heterocycles. The normalized spacial score (nSPS) is 11.2. The first kappa shape index (κ1) is 20.2. The van der Waals surface area contributed by atoms with Crippen LogP contribution >= 0.6 is 35.1 Å². The summed E-state index contributed by atoms with van der Waals surface area (Å²) in [5.41, 5.74) is 1.13. The Morgan fingerprint density at radius 3 is 2.86 bits per heavy atom. The maximum absolute atomic E-state index is 12.3. The Morgan fingerprint density at radius 2 is 2.11 bits per heavy atom. The van der Waals surface area contributed by atoms with E-state index < -0.39 is 5.91 Å². The topological polar surface area (TPSA) is 91.8 Å². The van der Waals surface area contributed by atoms with Gasteiger partial charge >= 0.3 is 0 Å². The average Bonchev–Trinajstić information content (AvgIpc) is 3.35. The third-order valence-corrected chi connectivity index (χ3v) is 5.84. The van der Waals surface area contributed by atoms with E-state index in [1.165, 1.54) is 23.4 Å². The van der Waals surface area contributed by atoms with E-state index in [1.54, 1.807) is 17.8 Å². The van der Waals surface area contributed by atoms with Crippen LogP contribution in [0.15, 0.2) is 62.7 Å². The molecule has 0 spiro atoms. The summed E-state index contributed by atoms with van der Waals surface area (Å²) in [6.45, 7) is 2.00. The monoisotopic (exact) mass is 428 g/mol. The number of nitrogens with zero attached hydrogens (tertiary/aromatic N) is 3. The van der Waals surface area contributed by atoms with Crippen LogP contribution in [0.25, 0.3) is 6.08 Å². The van der Waals surface area contributed by atoms with Crippen LogP contribution < -0.4 is 5.32 Å². The van der Waals surface area contributed by atoms with Gasteiger partial charge in [-0.2, -0.15) is 14.6 Å². The first-order chi connectivity index (χ1) is 13.7. The predicted octanol–water partition coefficient (Wildman–Crippen LogP) is 5.08. The fourth-order valence-electron chi connectivity index (χ4n) is 2.12. The SMILES string of the molecule is CCSc1nsc(NC(=O)C(C#N)=Cc2ccc(SCc3ccccc3)o2)n1. The van der Waals surface area contributed by atoms with E-state index in [4.69, 9.17) is 4.42 Å². The Hall–Kier alpha value is -2.54. The third kappa shape index (κ3) is 5.73. The number of rotatable bonds is 8. The van der Waals surface area contributed by atoms with E-state index in [-0.39, 0.29) is 5.57 Å². The second kappa shape index (κ2) is 10.1. The Morgan fingerprint density at radius 1 is 1.29 bits per heavy atom. The molecule has 9 heteroatoms. The molecule has 0 unspecified atom stereocenters. The van der Waals surface area contributed by atoms with Crippen LogP contribution in [-0.4, -0.2) is 21.0 Å². The molecule has 3 rings (SSSR count). The highest BCUT2D eigenvalue weighted by atomic mass is 32.2. The van der Waals surface area contributed by atoms with Crippen molar-refractivity contribution in [2.24, 2.45) is 0 Å². The molecule has 1 amide bonds. The number of carbonyl (C=O) groups is 1. The highest BCUT2D eigenvalue weighted by Crippen LogP contribution is 2.26. The van der Waals surface area contributed by atoms with Crippen LogP contribution in [0.2, 0.25) is 0 Å². The van der Waals surface area contributed by atoms with Gasteiger partial charge in [0.1, 0.15) is 17.4 Å². The average molecular weight is 429 g/mol. The summed E-state index contributed by atoms with van der Waals surface area (Å²) in [4.78, 5) is 16.5. The molecule has 1 aromatic carbocycles. The lowest BCUT2D eigenvalue weighted by atomic mass is 10.2. The minimum absolute atomic E-state index is 0.0612. The summed E-state index contributed by atoms with van der Waals surface area (Å²) in [5, 5.41) is 13.6. The Balaban J connectivity index is 1.62. The van der Waals surface area contributed by atoms with Crippen molar-refractivity contribution < 1.29 is 9.21 Å². The fraction of sp³-hybridized carbons (Fsp3) is 0.158. The van der Waals surface area contributed by atoms with Crippen LogP contribution in [0.3, 0.4) is 0 Å². The minimum Gasteiger partial charge on any atom is -0.450 e. The Bertz CT molecular complexity index is 1010. The van der Waals surface area contributed by atoms with Gasteiger partial charge in [-0.3, -0.25) is 10.1 Å². The molecule has 2 aromatic heterocycles. The highest BCUT2D eigenvalue weighted by Gasteiger charge is 2.14. The molecule has 3 aromatic rings. The summed E-state index contributed by atoms with van der Waals surface area (Å²) in [6, 6.07) is 15.5. The lowest BCUT2D eigenvalue weighted by Crippen LogP contribution is -2.13. The number of hydrogen-bond donors (Lipinski definition) is 1. The third-order valence-electron chi connectivity index (χ3n) is 3.38. The number of furan rings is 1. The molecule has 28 heavy (non-hydrogen) atoms. The second-order valence-electron chi connectivity index (χ2n) is 5.37. The van der Waals surface area contributed by atoms with Crippen molar-refractivity contribution in [1.82, 2.24) is 9.36 Å². The summed E-state index contributed by atoms with van der Waals surface area (Å²) in [6.07, 6.45) is 1.42. The molecule has 0 aliphatic carbocycles. The molecule has 0 fully saturated rings. The Labute approximate surface area is 175 Å². The maximum atomic E-state index is 12.3. The highest BCUT2D eigenvalue weighted by molar-refractivity contribution is 7.99. The lowest BCUT2D eigenvalue weighted by Gasteiger charge is -1.99. The molecule has 142 valence electrons. The molecular weight excluding hydrogens is 412 g/mol. The second-order valence-corrected chi connectivity index (χ2v) is 8.33. The Kier molecular flexibility index (Phi) is 7.31. The van der Waals surface area contributed by atoms with E-state index in [1.807, 2.05) is 49.4 Å². The molecule has 0 saturated heterocycles. The molecular formula is C19H16N4O2S3. The van der Waals surface area contributed by atoms with Gasteiger partial charge in [0.15, 0.2) is 5.09 Å². The lowest BCUT2D eigenvalue weighted by molar-refractivity contribution is -0.112. The smallest absolute Gasteiger partial charge is 0.268 e. The van der Waals surface area contributed by atoms with Crippen molar-refractivity contribution in [3.8, 4) is 6.07 Å². The fourth-order valence-corrected chi connectivity index (χ4v) is 4.21. The minimum atomic E-state index is -0.540. The first-order valence-electron chi connectivity index (χ1n) is 8.34. The number of aromatic nitrogens is 2. The van der Waals surface area contributed by atoms with Crippen molar-refractivity contribution in [2.75, 3.05) is 11.1 Å². The van der Waals surface area contributed by atoms with Crippen LogP contribution in [0.5, 0.6) is 0 Å². The van der Waals surface area contributed by atoms with E-state index in [9.17, 15) is 10.1 Å². The van der Waals surface area contributed by atoms with Crippen LogP contribution in [0.4, 0.5) is 5.13 Å². The van der Waals surface area contributed by atoms with Crippen LogP contribution in [0.1, 0.15) is 18.2 Å². The number of thioether (sulfide) groups is 2. The van der Waals surface area contributed by atoms with Crippen molar-refractivity contribution in [3.63, 3.8) is 0 Å². The van der Waals surface area contributed by atoms with Crippen LogP contribution in [-0.2, 0) is 10.5 Å². The van der Waals surface area contributed by atoms with Crippen molar-refractivity contribution in [1.29, 1.82) is 5.26 Å². The van der Waals surface area contributed by atoms with Crippen molar-refractivity contribution >= 4 is 52.2 Å². The van der Waals surface area contributed by atoms with Gasteiger partial charge in [-0.1, -0.05) is 60.8 Å². The standard InChI is InChI=1S/C19H16N4O2S3/c1-2-26-19-22-18(28-23-19)21-17(24)14(11-20)10-15-8-9-16(25-15)27-12-13-6-4-3-5-7-13/h3-10H,2,12H2,1H3,(H,21,22,23,24). The molecule has 0 saturated carbocycles. The van der Waals surface area contributed by atoms with Gasteiger partial charge in [-0.05, 0) is 23.4 Å². The number of hydrogen-bond acceptors (Lipinski definition) is 8. The quantitative estimate of drug-likeness (QED) is 0.304. The number of carbonyl (C=O) groups excluding carboxylic acids is 1. The molecule has 6 nitrogen and oxygen atoms in total. The molecule has 0 atom stereocenters. The number of nitriles is 1. The molecule has 0 aliphatic heterocycles. The van der Waals surface area contributed by atoms with Gasteiger partial charge in [0, 0.05) is 23.4 Å². The van der Waals surface area contributed by atoms with Gasteiger partial charge in [0.25, 0.3) is 5.91 Å². The number of nitrogens with one attached hydrogen (secondary N) is 1. The zero-order valence-corrected chi connectivity index (χ0v) is 17.4. The van der Waals surface area contributed by atoms with Crippen molar-refractivity contribution in [3.05, 3.63) is 59.4 Å². The van der Waals surface area contributed by atoms with E-state index in [2.05, 4.69) is 14.7 Å². The summed E-state index contributed by atoms with van der Waals surface area (Å²) in [5.74, 6) is 1.53. The van der Waals surface area contributed by atoms with E-state index in [0.717, 1.165) is 28.1 Å². The number of anilines is 1. The number of benzene rings is 1. The maximum Gasteiger partial charge on any atom is 0.268 e. The zero-order chi connectivity index (χ0) is 19.8. The zero-order valence-electron chi connectivity index (χ0n) is 14.9. The van der Waals surface area contributed by atoms with Gasteiger partial charge < -0.3 is 4.42 Å². The molecule has 0 radical (unpaired) electrons. The van der Waals surface area contributed by atoms with Gasteiger partial charge in [-0.15, -0.1) is 0 Å². The van der Waals surface area contributed by atoms with Gasteiger partial charge in [0.05, 0.1) is 0 Å². The number of amides is 1. The summed E-state index contributed by atoms with van der Waals surface area (Å²) in [7, 11) is 0. The van der Waals surface area contributed by atoms with Crippen molar-refractivity contribution in [2.45, 2.75) is 22.9 Å². The largest absolute Gasteiger partial charge is 0.450 e. The van der Waals surface area contributed by atoms with Gasteiger partial charge in [-0.25, -0.2) is 0 Å². The summed E-state index contributed by atoms with van der Waals surface area (Å²) < 4.78 is 9.83. The van der Waals surface area contributed by atoms with Gasteiger partial charge in [0.2, 0.25) is 10.3 Å². The van der Waals surface area contributed by atoms with E-state index in [0.29, 0.717) is 16.0 Å². The summed E-state index contributed by atoms with van der Waals surface area (Å²) >= 11 is 4.12. The molecule has 0 bridgehead atoms. The predicted molar refractivity (Wildman–Crippen MR) is 113 cm³/mol. The molecule has 1 N–H and O–H groups in total. The first-order valence-corrected chi connectivity index (χ1v) is 11.1. The van der Waals surface area contributed by atoms with E-state index >= 15 is 0 Å². The molecule has 0 aliphatic rings.